The lowest BCUT2D eigenvalue weighted by atomic mass is 10.3. The van der Waals surface area contributed by atoms with Crippen LogP contribution in [0.4, 0.5) is 10.1 Å². The highest BCUT2D eigenvalue weighted by Gasteiger charge is 2.17. The van der Waals surface area contributed by atoms with E-state index in [0.717, 1.165) is 10.9 Å². The topological polar surface area (TPSA) is 67.4 Å². The average Bonchev–Trinajstić information content (AvgIpc) is 2.91. The van der Waals surface area contributed by atoms with E-state index in [9.17, 15) is 12.8 Å². The summed E-state index contributed by atoms with van der Waals surface area (Å²) in [5, 5.41) is 2.96. The molecule has 0 aliphatic carbocycles. The second kappa shape index (κ2) is 6.42. The maximum Gasteiger partial charge on any atom is 0.271 e. The van der Waals surface area contributed by atoms with Gasteiger partial charge in [0.25, 0.3) is 10.0 Å². The van der Waals surface area contributed by atoms with Gasteiger partial charge in [0.15, 0.2) is 11.6 Å². The minimum absolute atomic E-state index is 0.0164. The lowest BCUT2D eigenvalue weighted by Crippen LogP contribution is -2.11. The van der Waals surface area contributed by atoms with Crippen molar-refractivity contribution in [1.82, 2.24) is 5.32 Å². The Morgan fingerprint density at radius 2 is 2.05 bits per heavy atom. The summed E-state index contributed by atoms with van der Waals surface area (Å²) in [7, 11) is -0.578. The molecule has 1 aromatic heterocycles. The van der Waals surface area contributed by atoms with Crippen LogP contribution >= 0.6 is 11.3 Å². The van der Waals surface area contributed by atoms with Crippen LogP contribution < -0.4 is 14.8 Å². The molecule has 0 unspecified atom stereocenters. The molecule has 5 nitrogen and oxygen atoms in total. The fourth-order valence-corrected chi connectivity index (χ4v) is 4.12. The van der Waals surface area contributed by atoms with E-state index in [1.54, 1.807) is 19.2 Å². The number of anilines is 1. The minimum atomic E-state index is -3.69. The highest BCUT2D eigenvalue weighted by atomic mass is 32.2. The van der Waals surface area contributed by atoms with Crippen molar-refractivity contribution in [2.24, 2.45) is 0 Å². The molecule has 0 atom stereocenters. The summed E-state index contributed by atoms with van der Waals surface area (Å²) < 4.78 is 45.2. The molecule has 0 radical (unpaired) electrons. The van der Waals surface area contributed by atoms with Gasteiger partial charge < -0.3 is 10.1 Å². The number of halogens is 1. The number of thiophene rings is 1. The van der Waals surface area contributed by atoms with Gasteiger partial charge in [0.2, 0.25) is 0 Å². The molecular formula is C13H15FN2O3S2. The van der Waals surface area contributed by atoms with Crippen molar-refractivity contribution in [3.05, 3.63) is 41.0 Å². The van der Waals surface area contributed by atoms with Crippen LogP contribution in [-0.4, -0.2) is 22.6 Å². The Kier molecular flexibility index (Phi) is 4.81. The molecule has 0 aliphatic heterocycles. The summed E-state index contributed by atoms with van der Waals surface area (Å²) in [5.74, 6) is -0.565. The molecule has 1 aromatic carbocycles. The SMILES string of the molecule is CNCc1ccc(S(=O)(=O)Nc2ccc(F)c(OC)c2)s1. The molecule has 2 rings (SSSR count). The zero-order valence-corrected chi connectivity index (χ0v) is 13.1. The normalized spacial score (nSPS) is 11.4. The van der Waals surface area contributed by atoms with Gasteiger partial charge in [0.05, 0.1) is 12.8 Å². The van der Waals surface area contributed by atoms with Gasteiger partial charge in [-0.2, -0.15) is 0 Å². The minimum Gasteiger partial charge on any atom is -0.494 e. The number of nitrogens with one attached hydrogen (secondary N) is 2. The number of hydrogen-bond acceptors (Lipinski definition) is 5. The van der Waals surface area contributed by atoms with Crippen LogP contribution in [-0.2, 0) is 16.6 Å². The number of methoxy groups -OCH3 is 1. The largest absolute Gasteiger partial charge is 0.494 e. The molecule has 0 spiro atoms. The maximum absolute atomic E-state index is 13.3. The van der Waals surface area contributed by atoms with Gasteiger partial charge in [-0.3, -0.25) is 4.72 Å². The predicted molar refractivity (Wildman–Crippen MR) is 80.8 cm³/mol. The highest BCUT2D eigenvalue weighted by Crippen LogP contribution is 2.26. The van der Waals surface area contributed by atoms with Crippen LogP contribution in [0.25, 0.3) is 0 Å². The van der Waals surface area contributed by atoms with Gasteiger partial charge in [0, 0.05) is 17.5 Å². The van der Waals surface area contributed by atoms with Gasteiger partial charge in [0.1, 0.15) is 4.21 Å². The molecule has 2 aromatic rings. The first-order chi connectivity index (χ1) is 9.96. The Morgan fingerprint density at radius 1 is 1.29 bits per heavy atom. The number of sulfonamides is 1. The monoisotopic (exact) mass is 330 g/mol. The fourth-order valence-electron chi connectivity index (χ4n) is 1.70. The maximum atomic E-state index is 13.3. The molecule has 0 bridgehead atoms. The molecule has 0 aliphatic rings. The number of benzene rings is 1. The van der Waals surface area contributed by atoms with Crippen LogP contribution in [0.15, 0.2) is 34.5 Å². The van der Waals surface area contributed by atoms with Gasteiger partial charge in [-0.25, -0.2) is 12.8 Å². The van der Waals surface area contributed by atoms with Crippen LogP contribution in [0.3, 0.4) is 0 Å². The van der Waals surface area contributed by atoms with Crippen molar-refractivity contribution in [2.75, 3.05) is 18.9 Å². The number of ether oxygens (including phenoxy) is 1. The van der Waals surface area contributed by atoms with Gasteiger partial charge in [-0.05, 0) is 31.3 Å². The first-order valence-electron chi connectivity index (χ1n) is 6.06. The summed E-state index contributed by atoms with van der Waals surface area (Å²) in [4.78, 5) is 0.912. The summed E-state index contributed by atoms with van der Waals surface area (Å²) in [6.07, 6.45) is 0. The molecule has 0 saturated carbocycles. The predicted octanol–water partition coefficient (Wildman–Crippen LogP) is 2.42. The van der Waals surface area contributed by atoms with Crippen molar-refractivity contribution < 1.29 is 17.5 Å². The Labute approximate surface area is 126 Å². The van der Waals surface area contributed by atoms with Crippen LogP contribution in [0.1, 0.15) is 4.88 Å². The zero-order chi connectivity index (χ0) is 15.5. The van der Waals surface area contributed by atoms with Gasteiger partial charge >= 0.3 is 0 Å². The third-order valence-corrected chi connectivity index (χ3v) is 5.61. The molecule has 2 N–H and O–H groups in total. The summed E-state index contributed by atoms with van der Waals surface area (Å²) in [6, 6.07) is 7.09. The van der Waals surface area contributed by atoms with Crippen molar-refractivity contribution in [3.63, 3.8) is 0 Å². The van der Waals surface area contributed by atoms with Crippen molar-refractivity contribution in [3.8, 4) is 5.75 Å². The van der Waals surface area contributed by atoms with E-state index in [2.05, 4.69) is 10.0 Å². The van der Waals surface area contributed by atoms with Crippen LogP contribution in [0.5, 0.6) is 5.75 Å². The third-order valence-electron chi connectivity index (χ3n) is 2.66. The summed E-state index contributed by atoms with van der Waals surface area (Å²) in [5.41, 5.74) is 0.247. The van der Waals surface area contributed by atoms with Crippen LogP contribution in [0.2, 0.25) is 0 Å². The second-order valence-electron chi connectivity index (χ2n) is 4.21. The molecule has 0 fully saturated rings. The van der Waals surface area contributed by atoms with E-state index in [0.29, 0.717) is 6.54 Å². The van der Waals surface area contributed by atoms with Gasteiger partial charge in [-0.1, -0.05) is 0 Å². The summed E-state index contributed by atoms with van der Waals surface area (Å²) in [6.45, 7) is 0.602. The van der Waals surface area contributed by atoms with Crippen LogP contribution in [0, 0.1) is 5.82 Å². The average molecular weight is 330 g/mol. The Bertz CT molecular complexity index is 729. The molecule has 114 valence electrons. The van der Waals surface area contributed by atoms with Gasteiger partial charge in [-0.15, -0.1) is 11.3 Å². The van der Waals surface area contributed by atoms with Crippen molar-refractivity contribution in [2.45, 2.75) is 10.8 Å². The molecule has 8 heteroatoms. The first kappa shape index (κ1) is 15.7. The van der Waals surface area contributed by atoms with E-state index in [1.165, 1.54) is 30.6 Å². The Balaban J connectivity index is 2.24. The van der Waals surface area contributed by atoms with E-state index in [4.69, 9.17) is 4.74 Å². The lowest BCUT2D eigenvalue weighted by molar-refractivity contribution is 0.387. The zero-order valence-electron chi connectivity index (χ0n) is 11.5. The third kappa shape index (κ3) is 3.72. The standard InChI is InChI=1S/C13H15FN2O3S2/c1-15-8-10-4-6-13(20-10)21(17,18)16-9-3-5-11(14)12(7-9)19-2/h3-7,15-16H,8H2,1-2H3. The molecular weight excluding hydrogens is 315 g/mol. The smallest absolute Gasteiger partial charge is 0.271 e. The van der Waals surface area contributed by atoms with Crippen molar-refractivity contribution >= 4 is 27.0 Å². The van der Waals surface area contributed by atoms with E-state index in [-0.39, 0.29) is 15.6 Å². The molecule has 0 saturated heterocycles. The molecule has 0 amide bonds. The second-order valence-corrected chi connectivity index (χ2v) is 7.28. The number of rotatable bonds is 6. The lowest BCUT2D eigenvalue weighted by Gasteiger charge is -2.08. The highest BCUT2D eigenvalue weighted by molar-refractivity contribution is 7.94. The van der Waals surface area contributed by atoms with Crippen molar-refractivity contribution in [1.29, 1.82) is 0 Å². The quantitative estimate of drug-likeness (QED) is 0.853. The summed E-state index contributed by atoms with van der Waals surface area (Å²) >= 11 is 1.18. The Morgan fingerprint density at radius 3 is 2.71 bits per heavy atom. The first-order valence-corrected chi connectivity index (χ1v) is 8.36. The number of hydrogen-bond donors (Lipinski definition) is 2. The fraction of sp³-hybridized carbons (Fsp3) is 0.231. The van der Waals surface area contributed by atoms with E-state index in [1.807, 2.05) is 0 Å². The molecule has 21 heavy (non-hydrogen) atoms. The molecule has 1 heterocycles. The Hall–Kier alpha value is -1.64. The van der Waals surface area contributed by atoms with E-state index >= 15 is 0 Å². The van der Waals surface area contributed by atoms with E-state index < -0.39 is 15.8 Å².